The van der Waals surface area contributed by atoms with Crippen LogP contribution in [0, 0.1) is 17.1 Å². The van der Waals surface area contributed by atoms with E-state index in [1.165, 1.54) is 6.42 Å². The highest BCUT2D eigenvalue weighted by Crippen LogP contribution is 2.36. The van der Waals surface area contributed by atoms with E-state index in [1.54, 1.807) is 12.1 Å². The maximum atomic E-state index is 13.9. The summed E-state index contributed by atoms with van der Waals surface area (Å²) in [7, 11) is 0. The summed E-state index contributed by atoms with van der Waals surface area (Å²) in [5, 5.41) is 12.0. The first-order valence-corrected chi connectivity index (χ1v) is 6.01. The van der Waals surface area contributed by atoms with Crippen molar-refractivity contribution >= 4 is 21.6 Å². The Morgan fingerprint density at radius 3 is 2.69 bits per heavy atom. The molecule has 0 amide bonds. The fourth-order valence-electron chi connectivity index (χ4n) is 1.89. The summed E-state index contributed by atoms with van der Waals surface area (Å²) < 4.78 is 14.1. The standard InChI is InChI=1S/C12H12BrFN2/c1-12(5-2-6-12)16-9-4-3-8(7-15)10(13)11(9)14/h3-4,16H,2,5-6H2,1H3. The Hall–Kier alpha value is -1.08. The van der Waals surface area contributed by atoms with Crippen LogP contribution < -0.4 is 5.32 Å². The fourth-order valence-corrected chi connectivity index (χ4v) is 2.32. The minimum Gasteiger partial charge on any atom is -0.377 e. The van der Waals surface area contributed by atoms with Gasteiger partial charge in [0.1, 0.15) is 6.07 Å². The predicted octanol–water partition coefficient (Wildman–Crippen LogP) is 3.81. The Morgan fingerprint density at radius 2 is 2.19 bits per heavy atom. The molecule has 0 atom stereocenters. The van der Waals surface area contributed by atoms with Gasteiger partial charge < -0.3 is 5.32 Å². The zero-order chi connectivity index (χ0) is 11.8. The van der Waals surface area contributed by atoms with Crippen LogP contribution in [0.5, 0.6) is 0 Å². The molecule has 1 aromatic rings. The summed E-state index contributed by atoms with van der Waals surface area (Å²) in [5.41, 5.74) is 0.795. The number of nitrogens with zero attached hydrogens (tertiary/aromatic N) is 1. The largest absolute Gasteiger partial charge is 0.377 e. The lowest BCUT2D eigenvalue weighted by Crippen LogP contribution is -2.41. The lowest BCUT2D eigenvalue weighted by molar-refractivity contribution is 0.305. The van der Waals surface area contributed by atoms with Crippen molar-refractivity contribution in [3.63, 3.8) is 0 Å². The molecule has 16 heavy (non-hydrogen) atoms. The lowest BCUT2D eigenvalue weighted by atomic mass is 9.78. The molecule has 1 saturated carbocycles. The van der Waals surface area contributed by atoms with Crippen molar-refractivity contribution in [1.82, 2.24) is 0 Å². The third-order valence-corrected chi connectivity index (χ3v) is 3.87. The van der Waals surface area contributed by atoms with Crippen LogP contribution in [0.3, 0.4) is 0 Å². The van der Waals surface area contributed by atoms with Gasteiger partial charge in [-0.25, -0.2) is 4.39 Å². The van der Waals surface area contributed by atoms with Crippen LogP contribution in [0.4, 0.5) is 10.1 Å². The zero-order valence-electron chi connectivity index (χ0n) is 8.98. The summed E-state index contributed by atoms with van der Waals surface area (Å²) >= 11 is 3.10. The van der Waals surface area contributed by atoms with Crippen LogP contribution in [-0.2, 0) is 0 Å². The molecule has 0 saturated heterocycles. The van der Waals surface area contributed by atoms with Crippen molar-refractivity contribution in [1.29, 1.82) is 5.26 Å². The van der Waals surface area contributed by atoms with Gasteiger partial charge in [0.2, 0.25) is 0 Å². The second kappa shape index (κ2) is 4.06. The first-order chi connectivity index (χ1) is 7.56. The summed E-state index contributed by atoms with van der Waals surface area (Å²) in [4.78, 5) is 0. The molecule has 1 N–H and O–H groups in total. The van der Waals surface area contributed by atoms with E-state index < -0.39 is 0 Å². The number of hydrogen-bond acceptors (Lipinski definition) is 2. The van der Waals surface area contributed by atoms with Crippen LogP contribution in [-0.4, -0.2) is 5.54 Å². The minimum absolute atomic E-state index is 0.00837. The van der Waals surface area contributed by atoms with Gasteiger partial charge in [-0.15, -0.1) is 0 Å². The van der Waals surface area contributed by atoms with Gasteiger partial charge in [0.15, 0.2) is 5.82 Å². The summed E-state index contributed by atoms with van der Waals surface area (Å²) in [6.45, 7) is 2.09. The van der Waals surface area contributed by atoms with E-state index in [1.807, 2.05) is 6.07 Å². The number of rotatable bonds is 2. The van der Waals surface area contributed by atoms with Crippen molar-refractivity contribution in [3.8, 4) is 6.07 Å². The Morgan fingerprint density at radius 1 is 1.50 bits per heavy atom. The molecule has 0 spiro atoms. The first-order valence-electron chi connectivity index (χ1n) is 5.22. The normalized spacial score (nSPS) is 17.4. The van der Waals surface area contributed by atoms with Crippen LogP contribution in [0.2, 0.25) is 0 Å². The SMILES string of the molecule is CC1(Nc2ccc(C#N)c(Br)c2F)CCC1. The molecule has 1 aromatic carbocycles. The van der Waals surface area contributed by atoms with Gasteiger partial charge in [-0.2, -0.15) is 5.26 Å². The van der Waals surface area contributed by atoms with Crippen molar-refractivity contribution in [2.75, 3.05) is 5.32 Å². The molecule has 2 nitrogen and oxygen atoms in total. The third-order valence-electron chi connectivity index (χ3n) is 3.10. The minimum atomic E-state index is -0.382. The number of anilines is 1. The molecule has 1 aliphatic rings. The van der Waals surface area contributed by atoms with Crippen LogP contribution in [0.1, 0.15) is 31.7 Å². The Kier molecular flexibility index (Phi) is 2.90. The molecule has 0 heterocycles. The number of halogens is 2. The molecule has 1 fully saturated rings. The number of nitriles is 1. The fraction of sp³-hybridized carbons (Fsp3) is 0.417. The highest BCUT2D eigenvalue weighted by atomic mass is 79.9. The molecule has 84 valence electrons. The van der Waals surface area contributed by atoms with E-state index >= 15 is 0 Å². The molecule has 0 aliphatic heterocycles. The second-order valence-corrected chi connectivity index (χ2v) is 5.23. The Labute approximate surface area is 103 Å². The smallest absolute Gasteiger partial charge is 0.161 e. The van der Waals surface area contributed by atoms with Crippen LogP contribution in [0.15, 0.2) is 16.6 Å². The van der Waals surface area contributed by atoms with Gasteiger partial charge in [0, 0.05) is 5.54 Å². The Balaban J connectivity index is 2.29. The van der Waals surface area contributed by atoms with Gasteiger partial charge in [-0.3, -0.25) is 0 Å². The molecule has 0 unspecified atom stereocenters. The van der Waals surface area contributed by atoms with E-state index in [0.29, 0.717) is 11.3 Å². The number of hydrogen-bond donors (Lipinski definition) is 1. The van der Waals surface area contributed by atoms with E-state index in [-0.39, 0.29) is 15.8 Å². The first kappa shape index (κ1) is 11.4. The quantitative estimate of drug-likeness (QED) is 0.895. The van der Waals surface area contributed by atoms with Crippen LogP contribution in [0.25, 0.3) is 0 Å². The maximum absolute atomic E-state index is 13.9. The maximum Gasteiger partial charge on any atom is 0.161 e. The second-order valence-electron chi connectivity index (χ2n) is 4.44. The van der Waals surface area contributed by atoms with Gasteiger partial charge in [0.05, 0.1) is 15.7 Å². The molecule has 0 aromatic heterocycles. The van der Waals surface area contributed by atoms with Crippen LogP contribution >= 0.6 is 15.9 Å². The summed E-state index contributed by atoms with van der Waals surface area (Å²) in [6.07, 6.45) is 3.30. The average molecular weight is 283 g/mol. The van der Waals surface area contributed by atoms with E-state index in [9.17, 15) is 4.39 Å². The van der Waals surface area contributed by atoms with Crippen molar-refractivity contribution in [2.24, 2.45) is 0 Å². The highest BCUT2D eigenvalue weighted by molar-refractivity contribution is 9.10. The number of benzene rings is 1. The van der Waals surface area contributed by atoms with E-state index in [4.69, 9.17) is 5.26 Å². The molecule has 0 radical (unpaired) electrons. The predicted molar refractivity (Wildman–Crippen MR) is 64.7 cm³/mol. The topological polar surface area (TPSA) is 35.8 Å². The van der Waals surface area contributed by atoms with Gasteiger partial charge in [0.25, 0.3) is 0 Å². The van der Waals surface area contributed by atoms with Crippen molar-refractivity contribution in [3.05, 3.63) is 28.0 Å². The summed E-state index contributed by atoms with van der Waals surface area (Å²) in [6, 6.07) is 5.19. The van der Waals surface area contributed by atoms with Gasteiger partial charge >= 0.3 is 0 Å². The van der Waals surface area contributed by atoms with Crippen molar-refractivity contribution < 1.29 is 4.39 Å². The molecule has 1 aliphatic carbocycles. The molecular weight excluding hydrogens is 271 g/mol. The molecule has 2 rings (SSSR count). The van der Waals surface area contributed by atoms with E-state index in [2.05, 4.69) is 28.2 Å². The molecular formula is C12H12BrFN2. The number of nitrogens with one attached hydrogen (secondary N) is 1. The third kappa shape index (κ3) is 1.92. The van der Waals surface area contributed by atoms with Gasteiger partial charge in [-0.05, 0) is 54.2 Å². The average Bonchev–Trinajstić information content (AvgIpc) is 2.23. The summed E-state index contributed by atoms with van der Waals surface area (Å²) in [5.74, 6) is -0.382. The molecule has 0 bridgehead atoms. The monoisotopic (exact) mass is 282 g/mol. The lowest BCUT2D eigenvalue weighted by Gasteiger charge is -2.40. The zero-order valence-corrected chi connectivity index (χ0v) is 10.6. The van der Waals surface area contributed by atoms with Crippen molar-refractivity contribution in [2.45, 2.75) is 31.7 Å². The van der Waals surface area contributed by atoms with E-state index in [0.717, 1.165) is 12.8 Å². The Bertz CT molecular complexity index is 461. The van der Waals surface area contributed by atoms with Gasteiger partial charge in [-0.1, -0.05) is 0 Å². The molecule has 4 heteroatoms. The highest BCUT2D eigenvalue weighted by Gasteiger charge is 2.32.